The highest BCUT2D eigenvalue weighted by Gasteiger charge is 2.28. The second-order valence-corrected chi connectivity index (χ2v) is 9.49. The molecule has 4 nitrogen and oxygen atoms in total. The summed E-state index contributed by atoms with van der Waals surface area (Å²) in [6.45, 7) is 7.28. The van der Waals surface area contributed by atoms with Gasteiger partial charge in [0.05, 0.1) is 4.90 Å². The van der Waals surface area contributed by atoms with Crippen LogP contribution < -0.4 is 0 Å². The Balaban J connectivity index is 1.59. The molecule has 0 spiro atoms. The molecule has 0 aliphatic carbocycles. The van der Waals surface area contributed by atoms with Gasteiger partial charge in [-0.2, -0.15) is 4.31 Å². The van der Waals surface area contributed by atoms with Crippen molar-refractivity contribution in [2.45, 2.75) is 31.7 Å². The number of hydrogen-bond acceptors (Lipinski definition) is 3. The van der Waals surface area contributed by atoms with Crippen LogP contribution in [0.4, 0.5) is 4.39 Å². The van der Waals surface area contributed by atoms with E-state index in [0.29, 0.717) is 43.5 Å². The highest BCUT2D eigenvalue weighted by Crippen LogP contribution is 2.20. The van der Waals surface area contributed by atoms with E-state index in [0.717, 1.165) is 17.5 Å². The van der Waals surface area contributed by atoms with Gasteiger partial charge in [-0.3, -0.25) is 4.90 Å². The zero-order valence-corrected chi connectivity index (χ0v) is 16.8. The van der Waals surface area contributed by atoms with Crippen LogP contribution >= 0.6 is 0 Å². The molecule has 1 aliphatic rings. The average Bonchev–Trinajstić information content (AvgIpc) is 2.64. The van der Waals surface area contributed by atoms with Crippen LogP contribution in [0.15, 0.2) is 53.4 Å². The van der Waals surface area contributed by atoms with E-state index in [-0.39, 0.29) is 5.82 Å². The van der Waals surface area contributed by atoms with Crippen LogP contribution in [0.25, 0.3) is 0 Å². The van der Waals surface area contributed by atoms with Crippen molar-refractivity contribution >= 4 is 10.0 Å². The van der Waals surface area contributed by atoms with Gasteiger partial charge in [0, 0.05) is 32.7 Å². The first kappa shape index (κ1) is 20.0. The minimum atomic E-state index is -3.45. The number of nitrogens with zero attached hydrogens (tertiary/aromatic N) is 2. The molecule has 0 atom stereocenters. The van der Waals surface area contributed by atoms with Gasteiger partial charge in [-0.05, 0) is 47.7 Å². The molecule has 3 rings (SSSR count). The van der Waals surface area contributed by atoms with E-state index in [4.69, 9.17) is 0 Å². The molecule has 1 aliphatic heterocycles. The molecular formula is C21H27FN2O2S. The summed E-state index contributed by atoms with van der Waals surface area (Å²) in [5.74, 6) is 0.302. The van der Waals surface area contributed by atoms with E-state index in [1.54, 1.807) is 28.6 Å². The molecular weight excluding hydrogens is 363 g/mol. The Hall–Kier alpha value is -1.76. The Kier molecular flexibility index (Phi) is 6.29. The van der Waals surface area contributed by atoms with Gasteiger partial charge < -0.3 is 0 Å². The molecule has 1 saturated heterocycles. The van der Waals surface area contributed by atoms with Crippen molar-refractivity contribution in [1.29, 1.82) is 0 Å². The summed E-state index contributed by atoms with van der Waals surface area (Å²) in [6.07, 6.45) is 0.947. The van der Waals surface area contributed by atoms with Gasteiger partial charge in [0.25, 0.3) is 0 Å². The first-order valence-corrected chi connectivity index (χ1v) is 10.8. The molecule has 27 heavy (non-hydrogen) atoms. The standard InChI is InChI=1S/C21H27FN2O2S/c1-17(2)15-18-5-9-21(10-6-18)27(25,26)24-13-11-23(12-14-24)16-19-3-7-20(22)8-4-19/h3-10,17H,11-16H2,1-2H3. The molecule has 146 valence electrons. The van der Waals surface area contributed by atoms with Gasteiger partial charge in [0.1, 0.15) is 5.82 Å². The largest absolute Gasteiger partial charge is 0.296 e. The summed E-state index contributed by atoms with van der Waals surface area (Å²) in [7, 11) is -3.45. The van der Waals surface area contributed by atoms with E-state index in [2.05, 4.69) is 18.7 Å². The maximum Gasteiger partial charge on any atom is 0.243 e. The number of rotatable bonds is 6. The van der Waals surface area contributed by atoms with Crippen molar-refractivity contribution in [2.24, 2.45) is 5.92 Å². The SMILES string of the molecule is CC(C)Cc1ccc(S(=O)(=O)N2CCN(Cc3ccc(F)cc3)CC2)cc1. The molecule has 0 aromatic heterocycles. The molecule has 0 amide bonds. The Morgan fingerprint density at radius 1 is 0.889 bits per heavy atom. The van der Waals surface area contributed by atoms with E-state index < -0.39 is 10.0 Å². The first-order chi connectivity index (χ1) is 12.8. The third kappa shape index (κ3) is 5.15. The highest BCUT2D eigenvalue weighted by atomic mass is 32.2. The lowest BCUT2D eigenvalue weighted by atomic mass is 10.0. The van der Waals surface area contributed by atoms with Gasteiger partial charge in [-0.25, -0.2) is 12.8 Å². The van der Waals surface area contributed by atoms with Gasteiger partial charge in [-0.1, -0.05) is 38.1 Å². The zero-order chi connectivity index (χ0) is 19.4. The van der Waals surface area contributed by atoms with Crippen molar-refractivity contribution in [3.05, 3.63) is 65.5 Å². The maximum atomic E-state index is 13.0. The minimum Gasteiger partial charge on any atom is -0.296 e. The molecule has 2 aromatic carbocycles. The van der Waals surface area contributed by atoms with Crippen LogP contribution in [0.5, 0.6) is 0 Å². The van der Waals surface area contributed by atoms with E-state index in [9.17, 15) is 12.8 Å². The summed E-state index contributed by atoms with van der Waals surface area (Å²) < 4.78 is 40.3. The molecule has 0 radical (unpaired) electrons. The predicted molar refractivity (Wildman–Crippen MR) is 105 cm³/mol. The molecule has 1 fully saturated rings. The maximum absolute atomic E-state index is 13.0. The van der Waals surface area contributed by atoms with E-state index in [1.165, 1.54) is 12.1 Å². The summed E-state index contributed by atoms with van der Waals surface area (Å²) in [5.41, 5.74) is 2.20. The smallest absolute Gasteiger partial charge is 0.243 e. The normalized spacial score (nSPS) is 16.7. The second-order valence-electron chi connectivity index (χ2n) is 7.55. The summed E-state index contributed by atoms with van der Waals surface area (Å²) in [4.78, 5) is 2.56. The lowest BCUT2D eigenvalue weighted by Crippen LogP contribution is -2.48. The Bertz CT molecular complexity index is 841. The summed E-state index contributed by atoms with van der Waals surface area (Å²) in [6, 6.07) is 13.7. The topological polar surface area (TPSA) is 40.6 Å². The zero-order valence-electron chi connectivity index (χ0n) is 15.9. The van der Waals surface area contributed by atoms with Crippen LogP contribution in [0.1, 0.15) is 25.0 Å². The fourth-order valence-electron chi connectivity index (χ4n) is 3.39. The molecule has 0 saturated carbocycles. The Labute approximate surface area is 161 Å². The van der Waals surface area contributed by atoms with E-state index >= 15 is 0 Å². The van der Waals surface area contributed by atoms with Gasteiger partial charge >= 0.3 is 0 Å². The van der Waals surface area contributed by atoms with Gasteiger partial charge in [0.15, 0.2) is 0 Å². The predicted octanol–water partition coefficient (Wildman–Crippen LogP) is 3.53. The van der Waals surface area contributed by atoms with Crippen molar-refractivity contribution < 1.29 is 12.8 Å². The molecule has 2 aromatic rings. The Morgan fingerprint density at radius 3 is 2.00 bits per heavy atom. The number of hydrogen-bond donors (Lipinski definition) is 0. The minimum absolute atomic E-state index is 0.242. The van der Waals surface area contributed by atoms with Crippen molar-refractivity contribution in [3.63, 3.8) is 0 Å². The number of halogens is 1. The lowest BCUT2D eigenvalue weighted by molar-refractivity contribution is 0.181. The summed E-state index contributed by atoms with van der Waals surface area (Å²) >= 11 is 0. The molecule has 0 N–H and O–H groups in total. The van der Waals surface area contributed by atoms with Crippen LogP contribution in [0.3, 0.4) is 0 Å². The van der Waals surface area contributed by atoms with Crippen LogP contribution in [0, 0.1) is 11.7 Å². The van der Waals surface area contributed by atoms with Crippen molar-refractivity contribution in [2.75, 3.05) is 26.2 Å². The first-order valence-electron chi connectivity index (χ1n) is 9.40. The average molecular weight is 391 g/mol. The quantitative estimate of drug-likeness (QED) is 0.758. The molecule has 1 heterocycles. The third-order valence-electron chi connectivity index (χ3n) is 4.86. The number of benzene rings is 2. The van der Waals surface area contributed by atoms with Gasteiger partial charge in [0.2, 0.25) is 10.0 Å². The molecule has 0 unspecified atom stereocenters. The van der Waals surface area contributed by atoms with Crippen molar-refractivity contribution in [1.82, 2.24) is 9.21 Å². The number of sulfonamides is 1. The fraction of sp³-hybridized carbons (Fsp3) is 0.429. The van der Waals surface area contributed by atoms with E-state index in [1.807, 2.05) is 12.1 Å². The Morgan fingerprint density at radius 2 is 1.44 bits per heavy atom. The van der Waals surface area contributed by atoms with Crippen LogP contribution in [-0.4, -0.2) is 43.8 Å². The number of piperazine rings is 1. The second kappa shape index (κ2) is 8.50. The molecule has 6 heteroatoms. The highest BCUT2D eigenvalue weighted by molar-refractivity contribution is 7.89. The summed E-state index contributed by atoms with van der Waals surface area (Å²) in [5, 5.41) is 0. The lowest BCUT2D eigenvalue weighted by Gasteiger charge is -2.34. The van der Waals surface area contributed by atoms with Crippen LogP contribution in [0.2, 0.25) is 0 Å². The molecule has 0 bridgehead atoms. The fourth-order valence-corrected chi connectivity index (χ4v) is 4.82. The van der Waals surface area contributed by atoms with Crippen LogP contribution in [-0.2, 0) is 23.0 Å². The monoisotopic (exact) mass is 390 g/mol. The third-order valence-corrected chi connectivity index (χ3v) is 6.77. The van der Waals surface area contributed by atoms with Crippen molar-refractivity contribution in [3.8, 4) is 0 Å². The van der Waals surface area contributed by atoms with Gasteiger partial charge in [-0.15, -0.1) is 0 Å².